The van der Waals surface area contributed by atoms with Gasteiger partial charge in [0.15, 0.2) is 11.6 Å². The third-order valence-corrected chi connectivity index (χ3v) is 5.17. The zero-order chi connectivity index (χ0) is 20.3. The van der Waals surface area contributed by atoms with E-state index in [0.717, 1.165) is 32.0 Å². The van der Waals surface area contributed by atoms with Gasteiger partial charge in [-0.3, -0.25) is 0 Å². The lowest BCUT2D eigenvalue weighted by atomic mass is 10.2. The molecule has 2 aromatic heterocycles. The average Bonchev–Trinajstić information content (AvgIpc) is 3.30. The Bertz CT molecular complexity index is 977. The van der Waals surface area contributed by atoms with E-state index >= 15 is 0 Å². The van der Waals surface area contributed by atoms with Crippen LogP contribution in [0.2, 0.25) is 0 Å². The molecule has 0 spiro atoms. The van der Waals surface area contributed by atoms with Crippen molar-refractivity contribution in [3.05, 3.63) is 36.7 Å². The summed E-state index contributed by atoms with van der Waals surface area (Å²) in [7, 11) is 0. The Balaban J connectivity index is 1.53. The topological polar surface area (TPSA) is 104 Å². The van der Waals surface area contributed by atoms with Crippen molar-refractivity contribution >= 4 is 11.8 Å². The number of hydrogen-bond acceptors (Lipinski definition) is 9. The number of anilines is 2. The highest BCUT2D eigenvalue weighted by atomic mass is 16.5. The van der Waals surface area contributed by atoms with Gasteiger partial charge in [0, 0.05) is 37.8 Å². The van der Waals surface area contributed by atoms with E-state index in [-0.39, 0.29) is 5.75 Å². The smallest absolute Gasteiger partial charge is 0.229 e. The minimum Gasteiger partial charge on any atom is -0.872 e. The summed E-state index contributed by atoms with van der Waals surface area (Å²) in [6.45, 7) is 5.63. The zero-order valence-corrected chi connectivity index (χ0v) is 16.5. The Hall–Kier alpha value is -3.24. The van der Waals surface area contributed by atoms with E-state index in [4.69, 9.17) is 19.4 Å². The molecule has 0 unspecified atom stereocenters. The lowest BCUT2D eigenvalue weighted by Crippen LogP contribution is -2.39. The first-order valence-corrected chi connectivity index (χ1v) is 10.0. The maximum atomic E-state index is 12.1. The predicted octanol–water partition coefficient (Wildman–Crippen LogP) is 0.471. The standard InChI is InChI=1S/C20H23N7O3/c28-16-4-2-1-3-15(16)19-21-14-27(24-19)18-13-17(25-5-9-29-10-6-25)22-20(23-18)26-7-11-30-12-8-26/h1-4,13-14,28H,5-12H2/p-1. The number of benzene rings is 1. The maximum Gasteiger partial charge on any atom is 0.229 e. The molecule has 10 nitrogen and oxygen atoms in total. The van der Waals surface area contributed by atoms with Gasteiger partial charge < -0.3 is 24.4 Å². The molecule has 0 radical (unpaired) electrons. The molecule has 3 aromatic rings. The fraction of sp³-hybridized carbons (Fsp3) is 0.400. The van der Waals surface area contributed by atoms with E-state index in [9.17, 15) is 5.11 Å². The van der Waals surface area contributed by atoms with Crippen molar-refractivity contribution < 1.29 is 14.6 Å². The fourth-order valence-corrected chi connectivity index (χ4v) is 3.53. The summed E-state index contributed by atoms with van der Waals surface area (Å²) in [5.74, 6) is 2.33. The number of aromatic nitrogens is 5. The minimum atomic E-state index is -0.110. The number of ether oxygens (including phenoxy) is 2. The zero-order valence-electron chi connectivity index (χ0n) is 16.5. The average molecular weight is 408 g/mol. The van der Waals surface area contributed by atoms with Gasteiger partial charge in [-0.2, -0.15) is 9.97 Å². The second-order valence-electron chi connectivity index (χ2n) is 7.09. The predicted molar refractivity (Wildman–Crippen MR) is 108 cm³/mol. The lowest BCUT2D eigenvalue weighted by molar-refractivity contribution is -0.267. The van der Waals surface area contributed by atoms with E-state index in [1.807, 2.05) is 6.07 Å². The first-order valence-electron chi connectivity index (χ1n) is 10.0. The molecule has 0 N–H and O–H groups in total. The van der Waals surface area contributed by atoms with Crippen LogP contribution in [0.5, 0.6) is 5.75 Å². The van der Waals surface area contributed by atoms with Crippen LogP contribution < -0.4 is 14.9 Å². The lowest BCUT2D eigenvalue weighted by Gasteiger charge is -2.31. The van der Waals surface area contributed by atoms with Gasteiger partial charge in [0.1, 0.15) is 12.1 Å². The Kier molecular flexibility index (Phi) is 5.16. The van der Waals surface area contributed by atoms with Gasteiger partial charge in [0.25, 0.3) is 0 Å². The van der Waals surface area contributed by atoms with Gasteiger partial charge >= 0.3 is 0 Å². The Morgan fingerprint density at radius 3 is 2.23 bits per heavy atom. The second kappa shape index (κ2) is 8.25. The van der Waals surface area contributed by atoms with Crippen LogP contribution in [0.3, 0.4) is 0 Å². The van der Waals surface area contributed by atoms with E-state index in [2.05, 4.69) is 19.9 Å². The van der Waals surface area contributed by atoms with Crippen molar-refractivity contribution in [2.24, 2.45) is 0 Å². The molecule has 0 amide bonds. The Labute approximate surface area is 173 Å². The summed E-state index contributed by atoms with van der Waals surface area (Å²) in [4.78, 5) is 18.2. The summed E-state index contributed by atoms with van der Waals surface area (Å²) in [5, 5.41) is 16.6. The summed E-state index contributed by atoms with van der Waals surface area (Å²) < 4.78 is 12.5. The molecule has 0 saturated carbocycles. The van der Waals surface area contributed by atoms with Crippen molar-refractivity contribution in [3.8, 4) is 23.0 Å². The van der Waals surface area contributed by atoms with Crippen molar-refractivity contribution in [2.75, 3.05) is 62.4 Å². The number of para-hydroxylation sites is 1. The molecule has 0 atom stereocenters. The molecule has 5 rings (SSSR count). The van der Waals surface area contributed by atoms with Crippen molar-refractivity contribution in [2.45, 2.75) is 0 Å². The minimum absolute atomic E-state index is 0.110. The first-order chi connectivity index (χ1) is 14.8. The molecule has 2 saturated heterocycles. The largest absolute Gasteiger partial charge is 0.872 e. The van der Waals surface area contributed by atoms with E-state index in [1.54, 1.807) is 29.2 Å². The third kappa shape index (κ3) is 3.79. The van der Waals surface area contributed by atoms with Gasteiger partial charge in [0.2, 0.25) is 5.95 Å². The van der Waals surface area contributed by atoms with Crippen molar-refractivity contribution in [1.29, 1.82) is 0 Å². The second-order valence-corrected chi connectivity index (χ2v) is 7.09. The van der Waals surface area contributed by atoms with E-state index in [1.165, 1.54) is 6.07 Å². The molecule has 2 aliphatic rings. The van der Waals surface area contributed by atoms with Crippen LogP contribution in [-0.2, 0) is 9.47 Å². The normalized spacial score (nSPS) is 17.3. The van der Waals surface area contributed by atoms with Crippen LogP contribution in [0, 0.1) is 0 Å². The highest BCUT2D eigenvalue weighted by Crippen LogP contribution is 2.25. The molecule has 156 valence electrons. The maximum absolute atomic E-state index is 12.1. The van der Waals surface area contributed by atoms with Crippen LogP contribution in [0.4, 0.5) is 11.8 Å². The highest BCUT2D eigenvalue weighted by molar-refractivity contribution is 5.62. The molecule has 4 heterocycles. The Morgan fingerprint density at radius 2 is 1.50 bits per heavy atom. The molecular formula is C20H22N7O3-. The van der Waals surface area contributed by atoms with Crippen LogP contribution in [-0.4, -0.2) is 77.3 Å². The van der Waals surface area contributed by atoms with Crippen LogP contribution in [0.1, 0.15) is 0 Å². The SMILES string of the molecule is [O-]c1ccccc1-c1ncn(-c2cc(N3CCOCC3)nc(N3CCOCC3)n2)n1. The quantitative estimate of drug-likeness (QED) is 0.609. The summed E-state index contributed by atoms with van der Waals surface area (Å²) in [6, 6.07) is 8.64. The number of hydrogen-bond donors (Lipinski definition) is 0. The Morgan fingerprint density at radius 1 is 0.833 bits per heavy atom. The molecule has 10 heteroatoms. The number of nitrogens with zero attached hydrogens (tertiary/aromatic N) is 7. The van der Waals surface area contributed by atoms with Crippen LogP contribution >= 0.6 is 0 Å². The van der Waals surface area contributed by atoms with E-state index in [0.29, 0.717) is 49.6 Å². The number of morpholine rings is 2. The van der Waals surface area contributed by atoms with Gasteiger partial charge in [-0.05, 0) is 0 Å². The summed E-state index contributed by atoms with van der Waals surface area (Å²) in [6.07, 6.45) is 1.58. The van der Waals surface area contributed by atoms with Gasteiger partial charge in [0.05, 0.1) is 26.4 Å². The monoisotopic (exact) mass is 408 g/mol. The number of rotatable bonds is 4. The summed E-state index contributed by atoms with van der Waals surface area (Å²) in [5.41, 5.74) is 0.465. The van der Waals surface area contributed by atoms with Gasteiger partial charge in [-0.25, -0.2) is 9.67 Å². The fourth-order valence-electron chi connectivity index (χ4n) is 3.53. The van der Waals surface area contributed by atoms with Gasteiger partial charge in [-0.15, -0.1) is 5.10 Å². The molecule has 2 aliphatic heterocycles. The molecule has 0 bridgehead atoms. The molecular weight excluding hydrogens is 386 g/mol. The van der Waals surface area contributed by atoms with Crippen LogP contribution in [0.25, 0.3) is 17.2 Å². The molecule has 30 heavy (non-hydrogen) atoms. The summed E-state index contributed by atoms with van der Waals surface area (Å²) >= 11 is 0. The van der Waals surface area contributed by atoms with E-state index < -0.39 is 0 Å². The molecule has 2 fully saturated rings. The molecule has 1 aromatic carbocycles. The first kappa shape index (κ1) is 18.8. The molecule has 0 aliphatic carbocycles. The van der Waals surface area contributed by atoms with Crippen LogP contribution in [0.15, 0.2) is 36.7 Å². The third-order valence-electron chi connectivity index (χ3n) is 5.17. The highest BCUT2D eigenvalue weighted by Gasteiger charge is 2.20. The van der Waals surface area contributed by atoms with Crippen molar-refractivity contribution in [3.63, 3.8) is 0 Å². The van der Waals surface area contributed by atoms with Crippen molar-refractivity contribution in [1.82, 2.24) is 24.7 Å². The van der Waals surface area contributed by atoms with Gasteiger partial charge in [-0.1, -0.05) is 30.0 Å².